The lowest BCUT2D eigenvalue weighted by Crippen LogP contribution is -2.10. The van der Waals surface area contributed by atoms with Crippen LogP contribution in [0.15, 0.2) is 60.9 Å². The Kier molecular flexibility index (Phi) is 5.16. The smallest absolute Gasteiger partial charge is 0.244 e. The highest BCUT2D eigenvalue weighted by molar-refractivity contribution is 6.30. The van der Waals surface area contributed by atoms with Crippen LogP contribution < -0.4 is 10.6 Å². The Morgan fingerprint density at radius 1 is 1.00 bits per heavy atom. The van der Waals surface area contributed by atoms with E-state index in [1.807, 2.05) is 30.3 Å². The van der Waals surface area contributed by atoms with Crippen molar-refractivity contribution in [2.45, 2.75) is 13.0 Å². The molecule has 7 heteroatoms. The first-order valence-corrected chi connectivity index (χ1v) is 9.12. The van der Waals surface area contributed by atoms with Gasteiger partial charge in [0.25, 0.3) is 0 Å². The molecule has 6 nitrogen and oxygen atoms in total. The van der Waals surface area contributed by atoms with Crippen LogP contribution >= 0.6 is 11.6 Å². The molecule has 4 rings (SSSR count). The number of H-pyrrole nitrogens is 1. The number of aromatic amines is 1. The molecule has 0 unspecified atom stereocenters. The predicted molar refractivity (Wildman–Crippen MR) is 109 cm³/mol. The maximum Gasteiger partial charge on any atom is 0.244 e. The molecule has 0 spiro atoms. The monoisotopic (exact) mass is 378 g/mol. The van der Waals surface area contributed by atoms with Crippen molar-refractivity contribution in [3.63, 3.8) is 0 Å². The van der Waals surface area contributed by atoms with Crippen molar-refractivity contribution in [1.82, 2.24) is 20.2 Å². The zero-order valence-electron chi connectivity index (χ0n) is 14.6. The van der Waals surface area contributed by atoms with Gasteiger partial charge in [0.05, 0.1) is 6.20 Å². The highest BCUT2D eigenvalue weighted by Gasteiger charge is 2.04. The normalized spacial score (nSPS) is 10.9. The van der Waals surface area contributed by atoms with Gasteiger partial charge in [-0.2, -0.15) is 10.1 Å². The zero-order valence-corrected chi connectivity index (χ0v) is 15.4. The molecular formula is C20H19ClN6. The molecule has 3 N–H and O–H groups in total. The second-order valence-corrected chi connectivity index (χ2v) is 6.62. The summed E-state index contributed by atoms with van der Waals surface area (Å²) >= 11 is 5.91. The van der Waals surface area contributed by atoms with Crippen molar-refractivity contribution in [2.24, 2.45) is 0 Å². The lowest BCUT2D eigenvalue weighted by molar-refractivity contribution is 0.923. The number of fused-ring (bicyclic) bond motifs is 1. The van der Waals surface area contributed by atoms with E-state index in [9.17, 15) is 0 Å². The van der Waals surface area contributed by atoms with Gasteiger partial charge in [-0.3, -0.25) is 0 Å². The fourth-order valence-electron chi connectivity index (χ4n) is 2.91. The summed E-state index contributed by atoms with van der Waals surface area (Å²) in [7, 11) is 0. The Hall–Kier alpha value is -3.12. The standard InChI is InChI=1S/C20H19ClN6/c21-16-7-5-14(6-8-16)11-24-19-13-25-27-20(26-19)22-10-9-15-12-23-18-4-2-1-3-17(15)18/h1-8,12-13,23H,9-11H2,(H2,22,24,26,27). The lowest BCUT2D eigenvalue weighted by Gasteiger charge is -2.08. The second kappa shape index (κ2) is 8.05. The maximum absolute atomic E-state index is 5.91. The van der Waals surface area contributed by atoms with E-state index in [0.29, 0.717) is 18.3 Å². The number of hydrogen-bond acceptors (Lipinski definition) is 5. The Labute approximate surface area is 162 Å². The number of rotatable bonds is 7. The molecular weight excluding hydrogens is 360 g/mol. The molecule has 0 fully saturated rings. The van der Waals surface area contributed by atoms with Crippen LogP contribution in [0.1, 0.15) is 11.1 Å². The number of nitrogens with zero attached hydrogens (tertiary/aromatic N) is 3. The number of para-hydroxylation sites is 1. The van der Waals surface area contributed by atoms with Gasteiger partial charge in [-0.1, -0.05) is 41.9 Å². The van der Waals surface area contributed by atoms with Crippen LogP contribution in [0.25, 0.3) is 10.9 Å². The first-order chi connectivity index (χ1) is 13.3. The molecule has 0 saturated heterocycles. The van der Waals surface area contributed by atoms with E-state index in [4.69, 9.17) is 11.6 Å². The second-order valence-electron chi connectivity index (χ2n) is 6.18. The minimum atomic E-state index is 0.510. The Morgan fingerprint density at radius 3 is 2.74 bits per heavy atom. The minimum Gasteiger partial charge on any atom is -0.365 e. The van der Waals surface area contributed by atoms with Gasteiger partial charge in [0.1, 0.15) is 0 Å². The molecule has 0 atom stereocenters. The van der Waals surface area contributed by atoms with E-state index in [1.165, 1.54) is 10.9 Å². The third-order valence-electron chi connectivity index (χ3n) is 4.30. The van der Waals surface area contributed by atoms with Crippen molar-refractivity contribution < 1.29 is 0 Å². The largest absolute Gasteiger partial charge is 0.365 e. The van der Waals surface area contributed by atoms with E-state index in [0.717, 1.165) is 29.1 Å². The van der Waals surface area contributed by atoms with Crippen molar-refractivity contribution in [1.29, 1.82) is 0 Å². The molecule has 0 aliphatic carbocycles. The number of halogens is 1. The highest BCUT2D eigenvalue weighted by Crippen LogP contribution is 2.18. The fraction of sp³-hybridized carbons (Fsp3) is 0.150. The molecule has 2 heterocycles. The molecule has 0 amide bonds. The highest BCUT2D eigenvalue weighted by atomic mass is 35.5. The molecule has 0 bridgehead atoms. The SMILES string of the molecule is Clc1ccc(CNc2cnnc(NCCc3c[nH]c4ccccc34)n2)cc1. The predicted octanol–water partition coefficient (Wildman–Crippen LogP) is 4.27. The fourth-order valence-corrected chi connectivity index (χ4v) is 3.03. The lowest BCUT2D eigenvalue weighted by atomic mass is 10.1. The summed E-state index contributed by atoms with van der Waals surface area (Å²) < 4.78 is 0. The van der Waals surface area contributed by atoms with Crippen LogP contribution in [0, 0.1) is 0 Å². The molecule has 0 aliphatic heterocycles. The molecule has 4 aromatic rings. The number of hydrogen-bond donors (Lipinski definition) is 3. The Bertz CT molecular complexity index is 1030. The van der Waals surface area contributed by atoms with Crippen LogP contribution in [0.3, 0.4) is 0 Å². The van der Waals surface area contributed by atoms with Gasteiger partial charge in [-0.25, -0.2) is 0 Å². The van der Waals surface area contributed by atoms with Gasteiger partial charge in [0, 0.05) is 35.2 Å². The first kappa shape index (κ1) is 17.3. The van der Waals surface area contributed by atoms with Gasteiger partial charge in [-0.15, -0.1) is 5.10 Å². The molecule has 136 valence electrons. The number of nitrogens with one attached hydrogen (secondary N) is 3. The number of benzene rings is 2. The average Bonchev–Trinajstić information content (AvgIpc) is 3.11. The van der Waals surface area contributed by atoms with Gasteiger partial charge in [-0.05, 0) is 35.7 Å². The van der Waals surface area contributed by atoms with Gasteiger partial charge in [0.15, 0.2) is 5.82 Å². The Balaban J connectivity index is 1.33. The zero-order chi connectivity index (χ0) is 18.5. The van der Waals surface area contributed by atoms with Crippen LogP contribution in [-0.2, 0) is 13.0 Å². The topological polar surface area (TPSA) is 78.5 Å². The van der Waals surface area contributed by atoms with Crippen LogP contribution in [0.5, 0.6) is 0 Å². The van der Waals surface area contributed by atoms with Gasteiger partial charge < -0.3 is 15.6 Å². The third-order valence-corrected chi connectivity index (χ3v) is 4.55. The van der Waals surface area contributed by atoms with E-state index in [1.54, 1.807) is 6.20 Å². The third kappa shape index (κ3) is 4.35. The summed E-state index contributed by atoms with van der Waals surface area (Å²) in [4.78, 5) is 7.75. The van der Waals surface area contributed by atoms with Crippen molar-refractivity contribution >= 4 is 34.3 Å². The van der Waals surface area contributed by atoms with Crippen LogP contribution in [0.2, 0.25) is 5.02 Å². The summed E-state index contributed by atoms with van der Waals surface area (Å²) in [5.74, 6) is 1.19. The van der Waals surface area contributed by atoms with Crippen LogP contribution in [-0.4, -0.2) is 26.7 Å². The molecule has 27 heavy (non-hydrogen) atoms. The van der Waals surface area contributed by atoms with Crippen molar-refractivity contribution in [3.8, 4) is 0 Å². The quantitative estimate of drug-likeness (QED) is 0.447. The van der Waals surface area contributed by atoms with Crippen LogP contribution in [0.4, 0.5) is 11.8 Å². The van der Waals surface area contributed by atoms with E-state index in [-0.39, 0.29) is 0 Å². The summed E-state index contributed by atoms with van der Waals surface area (Å²) in [5.41, 5.74) is 3.54. The number of aromatic nitrogens is 4. The average molecular weight is 379 g/mol. The number of anilines is 2. The minimum absolute atomic E-state index is 0.510. The van der Waals surface area contributed by atoms with E-state index in [2.05, 4.69) is 55.2 Å². The van der Waals surface area contributed by atoms with E-state index >= 15 is 0 Å². The molecule has 2 aromatic carbocycles. The van der Waals surface area contributed by atoms with Gasteiger partial charge >= 0.3 is 0 Å². The summed E-state index contributed by atoms with van der Waals surface area (Å²) in [6.45, 7) is 1.37. The molecule has 0 saturated carbocycles. The van der Waals surface area contributed by atoms with E-state index < -0.39 is 0 Å². The molecule has 2 aromatic heterocycles. The summed E-state index contributed by atoms with van der Waals surface area (Å²) in [6, 6.07) is 16.0. The van der Waals surface area contributed by atoms with Crippen molar-refractivity contribution in [3.05, 3.63) is 77.1 Å². The maximum atomic E-state index is 5.91. The van der Waals surface area contributed by atoms with Crippen molar-refractivity contribution in [2.75, 3.05) is 17.2 Å². The Morgan fingerprint density at radius 2 is 1.85 bits per heavy atom. The molecule has 0 radical (unpaired) electrons. The summed E-state index contributed by atoms with van der Waals surface area (Å²) in [5, 5.41) is 16.5. The van der Waals surface area contributed by atoms with Gasteiger partial charge in [0.2, 0.25) is 5.95 Å². The first-order valence-electron chi connectivity index (χ1n) is 8.75. The summed E-state index contributed by atoms with van der Waals surface area (Å²) in [6.07, 6.45) is 4.53. The molecule has 0 aliphatic rings.